The largest absolute Gasteiger partial charge is 0.395 e. The molecule has 1 saturated carbocycles. The van der Waals surface area contributed by atoms with Crippen LogP contribution in [0, 0.1) is 12.3 Å². The summed E-state index contributed by atoms with van der Waals surface area (Å²) in [5.74, 6) is 0. The fourth-order valence-corrected chi connectivity index (χ4v) is 2.81. The molecule has 1 aliphatic carbocycles. The molecule has 166 valence electrons. The van der Waals surface area contributed by atoms with Crippen LogP contribution in [0.25, 0.3) is 6.08 Å². The van der Waals surface area contributed by atoms with Crippen LogP contribution in [-0.4, -0.2) is 27.7 Å². The third kappa shape index (κ3) is 10.4. The Bertz CT molecular complexity index is 614. The molecule has 2 N–H and O–H groups in total. The van der Waals surface area contributed by atoms with Gasteiger partial charge in [0, 0.05) is 6.04 Å². The van der Waals surface area contributed by atoms with Gasteiger partial charge in [-0.3, -0.25) is 9.97 Å². The molecule has 3 rings (SSSR count). The smallest absolute Gasteiger partial charge is 0.0842 e. The van der Waals surface area contributed by atoms with Gasteiger partial charge >= 0.3 is 0 Å². The van der Waals surface area contributed by atoms with Crippen LogP contribution in [0.4, 0.5) is 0 Å². The quantitative estimate of drug-likeness (QED) is 0.614. The van der Waals surface area contributed by atoms with E-state index in [1.807, 2.05) is 13.1 Å². The summed E-state index contributed by atoms with van der Waals surface area (Å²) in [6, 6.07) is 0.370. The highest BCUT2D eigenvalue weighted by atomic mass is 16.3. The number of nitrogens with zero attached hydrogens (tertiary/aromatic N) is 2. The number of hydrogen-bond acceptors (Lipinski definition) is 4. The lowest BCUT2D eigenvalue weighted by Gasteiger charge is -2.21. The molecule has 2 fully saturated rings. The van der Waals surface area contributed by atoms with Crippen molar-refractivity contribution in [2.24, 2.45) is 5.41 Å². The first-order valence-electron chi connectivity index (χ1n) is 11.6. The van der Waals surface area contributed by atoms with Crippen LogP contribution in [0.15, 0.2) is 11.8 Å². The van der Waals surface area contributed by atoms with E-state index in [4.69, 9.17) is 4.98 Å². The first-order chi connectivity index (χ1) is 13.7. The van der Waals surface area contributed by atoms with Crippen molar-refractivity contribution in [2.45, 2.75) is 112 Å². The topological polar surface area (TPSA) is 58.0 Å². The number of hydrogen-bond donors (Lipinski definition) is 2. The SMILES string of the molecule is C/C(=C\c1ncc(C2CCCCC(CO)N2)nc1C)C(C)(C)C.C1CC1.CCC. The van der Waals surface area contributed by atoms with Crippen LogP contribution in [0.5, 0.6) is 0 Å². The van der Waals surface area contributed by atoms with Gasteiger partial charge in [0.25, 0.3) is 0 Å². The van der Waals surface area contributed by atoms with E-state index in [0.717, 1.165) is 36.3 Å². The van der Waals surface area contributed by atoms with Gasteiger partial charge in [0.15, 0.2) is 0 Å². The van der Waals surface area contributed by atoms with Crippen LogP contribution in [0.1, 0.15) is 116 Å². The maximum atomic E-state index is 9.45. The van der Waals surface area contributed by atoms with Crippen molar-refractivity contribution in [1.29, 1.82) is 0 Å². The molecule has 0 aromatic carbocycles. The van der Waals surface area contributed by atoms with E-state index in [9.17, 15) is 5.11 Å². The Morgan fingerprint density at radius 2 is 1.72 bits per heavy atom. The first-order valence-corrected chi connectivity index (χ1v) is 11.6. The number of allylic oxidation sites excluding steroid dienone is 1. The van der Waals surface area contributed by atoms with Gasteiger partial charge in [0.05, 0.1) is 35.9 Å². The molecule has 2 heterocycles. The molecule has 4 heteroatoms. The molecule has 0 spiro atoms. The van der Waals surface area contributed by atoms with Crippen molar-refractivity contribution in [3.8, 4) is 0 Å². The van der Waals surface area contributed by atoms with Gasteiger partial charge in [0.2, 0.25) is 0 Å². The summed E-state index contributed by atoms with van der Waals surface area (Å²) < 4.78 is 0. The number of nitrogens with one attached hydrogen (secondary N) is 1. The Morgan fingerprint density at radius 3 is 2.21 bits per heavy atom. The zero-order chi connectivity index (χ0) is 21.9. The van der Waals surface area contributed by atoms with Gasteiger partial charge in [-0.25, -0.2) is 0 Å². The summed E-state index contributed by atoms with van der Waals surface area (Å²) in [6.45, 7) is 15.2. The van der Waals surface area contributed by atoms with Crippen molar-refractivity contribution in [1.82, 2.24) is 15.3 Å². The molecule has 2 unspecified atom stereocenters. The molecule has 0 bridgehead atoms. The minimum atomic E-state index is 0.143. The highest BCUT2D eigenvalue weighted by Gasteiger charge is 2.22. The zero-order valence-corrected chi connectivity index (χ0v) is 20.0. The fraction of sp³-hybridized carbons (Fsp3) is 0.760. The second kappa shape index (κ2) is 13.1. The van der Waals surface area contributed by atoms with E-state index in [1.54, 1.807) is 0 Å². The van der Waals surface area contributed by atoms with Gasteiger partial charge in [-0.15, -0.1) is 0 Å². The van der Waals surface area contributed by atoms with E-state index in [-0.39, 0.29) is 24.1 Å². The summed E-state index contributed by atoms with van der Waals surface area (Å²) in [6.07, 6.45) is 14.2. The van der Waals surface area contributed by atoms with E-state index in [2.05, 4.69) is 57.9 Å². The van der Waals surface area contributed by atoms with Gasteiger partial charge in [-0.05, 0) is 38.2 Å². The number of aromatic nitrogens is 2. The molecule has 1 saturated heterocycles. The van der Waals surface area contributed by atoms with Crippen LogP contribution >= 0.6 is 0 Å². The molecule has 4 nitrogen and oxygen atoms in total. The Labute approximate surface area is 179 Å². The lowest BCUT2D eigenvalue weighted by molar-refractivity contribution is 0.229. The van der Waals surface area contributed by atoms with Crippen molar-refractivity contribution in [2.75, 3.05) is 6.61 Å². The highest BCUT2D eigenvalue weighted by Crippen LogP contribution is 2.27. The van der Waals surface area contributed by atoms with E-state index in [1.165, 1.54) is 37.7 Å². The summed E-state index contributed by atoms with van der Waals surface area (Å²) in [5.41, 5.74) is 4.36. The number of aliphatic hydroxyl groups excluding tert-OH is 1. The molecule has 2 atom stereocenters. The summed E-state index contributed by atoms with van der Waals surface area (Å²) in [4.78, 5) is 9.44. The third-order valence-corrected chi connectivity index (χ3v) is 5.20. The van der Waals surface area contributed by atoms with Crippen molar-refractivity contribution < 1.29 is 5.11 Å². The molecule has 29 heavy (non-hydrogen) atoms. The van der Waals surface area contributed by atoms with Crippen LogP contribution in [-0.2, 0) is 0 Å². The fourth-order valence-electron chi connectivity index (χ4n) is 2.81. The van der Waals surface area contributed by atoms with Crippen LogP contribution < -0.4 is 5.32 Å². The average molecular weight is 404 g/mol. The van der Waals surface area contributed by atoms with E-state index in [0.29, 0.717) is 0 Å². The maximum Gasteiger partial charge on any atom is 0.0842 e. The molecule has 2 aliphatic rings. The Balaban J connectivity index is 0.000000608. The lowest BCUT2D eigenvalue weighted by atomic mass is 9.87. The second-order valence-corrected chi connectivity index (χ2v) is 9.49. The minimum absolute atomic E-state index is 0.143. The normalized spacial score (nSPS) is 21.9. The Hall–Kier alpha value is -1.26. The highest BCUT2D eigenvalue weighted by molar-refractivity contribution is 5.51. The summed E-state index contributed by atoms with van der Waals surface area (Å²) in [7, 11) is 0. The van der Waals surface area contributed by atoms with Crippen LogP contribution in [0.2, 0.25) is 0 Å². The monoisotopic (exact) mass is 403 g/mol. The zero-order valence-electron chi connectivity index (χ0n) is 20.0. The predicted molar refractivity (Wildman–Crippen MR) is 125 cm³/mol. The second-order valence-electron chi connectivity index (χ2n) is 9.49. The lowest BCUT2D eigenvalue weighted by Crippen LogP contribution is -2.34. The van der Waals surface area contributed by atoms with Gasteiger partial charge < -0.3 is 10.4 Å². The molecular weight excluding hydrogens is 358 g/mol. The van der Waals surface area contributed by atoms with Crippen molar-refractivity contribution >= 4 is 6.08 Å². The Morgan fingerprint density at radius 1 is 1.14 bits per heavy atom. The van der Waals surface area contributed by atoms with Gasteiger partial charge in [-0.1, -0.05) is 78.7 Å². The third-order valence-electron chi connectivity index (χ3n) is 5.20. The molecule has 0 amide bonds. The number of aliphatic hydroxyl groups is 1. The van der Waals surface area contributed by atoms with Crippen LogP contribution in [0.3, 0.4) is 0 Å². The summed E-state index contributed by atoms with van der Waals surface area (Å²) in [5, 5.41) is 13.0. The number of aryl methyl sites for hydroxylation is 1. The van der Waals surface area contributed by atoms with Gasteiger partial charge in [0.1, 0.15) is 0 Å². The molecule has 1 aromatic rings. The molecule has 0 radical (unpaired) electrons. The van der Waals surface area contributed by atoms with Crippen molar-refractivity contribution in [3.05, 3.63) is 28.9 Å². The van der Waals surface area contributed by atoms with Crippen molar-refractivity contribution in [3.63, 3.8) is 0 Å². The first kappa shape index (κ1) is 25.8. The summed E-state index contributed by atoms with van der Waals surface area (Å²) >= 11 is 0. The minimum Gasteiger partial charge on any atom is -0.395 e. The molecule has 1 aromatic heterocycles. The Kier molecular flexibility index (Phi) is 11.7. The average Bonchev–Trinajstić information content (AvgIpc) is 3.53. The standard InChI is InChI=1S/C19H31N3O.C3H6.C3H8/c1-13(19(3,4)5)10-17-14(2)21-18(11-20-17)16-9-7-6-8-15(12-23)22-16;1-2-3-1;1-3-2/h10-11,15-16,22-23H,6-9,12H2,1-5H3;1-3H2;3H2,1-2H3/b13-10+;;. The number of rotatable bonds is 3. The maximum absolute atomic E-state index is 9.45. The van der Waals surface area contributed by atoms with Gasteiger partial charge in [-0.2, -0.15) is 0 Å². The molecule has 1 aliphatic heterocycles. The van der Waals surface area contributed by atoms with E-state index >= 15 is 0 Å². The van der Waals surface area contributed by atoms with E-state index < -0.39 is 0 Å². The molecular formula is C25H45N3O. The predicted octanol–water partition coefficient (Wildman–Crippen LogP) is 6.39.